The van der Waals surface area contributed by atoms with Crippen molar-refractivity contribution in [2.24, 2.45) is 0 Å². The molecule has 0 saturated carbocycles. The van der Waals surface area contributed by atoms with E-state index < -0.39 is 0 Å². The summed E-state index contributed by atoms with van der Waals surface area (Å²) in [7, 11) is 0. The van der Waals surface area contributed by atoms with Crippen molar-refractivity contribution in [3.63, 3.8) is 0 Å². The summed E-state index contributed by atoms with van der Waals surface area (Å²) in [4.78, 5) is 11.3. The lowest BCUT2D eigenvalue weighted by atomic mass is 10.1. The summed E-state index contributed by atoms with van der Waals surface area (Å²) in [6, 6.07) is 0. The molecule has 0 aromatic rings. The van der Waals surface area contributed by atoms with Gasteiger partial charge in [0.1, 0.15) is 6.61 Å². The number of carbonyl (C=O) groups excluding carboxylic acids is 1. The zero-order valence-electron chi connectivity index (χ0n) is 18.2. The average Bonchev–Trinajstić information content (AvgIpc) is 2.68. The fourth-order valence-electron chi connectivity index (χ4n) is 3.27. The van der Waals surface area contributed by atoms with Crippen LogP contribution in [-0.2, 0) is 9.53 Å². The van der Waals surface area contributed by atoms with Crippen molar-refractivity contribution < 1.29 is 9.53 Å². The lowest BCUT2D eigenvalue weighted by molar-refractivity contribution is -0.142. The van der Waals surface area contributed by atoms with E-state index >= 15 is 0 Å². The average molecular weight is 379 g/mol. The molecule has 0 atom stereocenters. The minimum atomic E-state index is -0.0871. The number of esters is 1. The van der Waals surface area contributed by atoms with Gasteiger partial charge in [-0.2, -0.15) is 0 Å². The van der Waals surface area contributed by atoms with Crippen molar-refractivity contribution in [2.75, 3.05) is 6.61 Å². The molecular formula is C25H46O2. The molecule has 0 spiro atoms. The molecule has 0 aromatic carbocycles. The van der Waals surface area contributed by atoms with Crippen LogP contribution in [0.2, 0.25) is 0 Å². The van der Waals surface area contributed by atoms with Crippen LogP contribution in [0, 0.1) is 0 Å². The minimum absolute atomic E-state index is 0.0871. The molecule has 27 heavy (non-hydrogen) atoms. The molecule has 2 heteroatoms. The van der Waals surface area contributed by atoms with Crippen molar-refractivity contribution in [1.82, 2.24) is 0 Å². The molecule has 0 heterocycles. The lowest BCUT2D eigenvalue weighted by Crippen LogP contribution is -2.03. The molecule has 0 aliphatic carbocycles. The van der Waals surface area contributed by atoms with Crippen LogP contribution in [0.5, 0.6) is 0 Å². The van der Waals surface area contributed by atoms with E-state index in [2.05, 4.69) is 25.7 Å². The number of ether oxygens (including phenoxy) is 1. The Balaban J connectivity index is 3.13. The van der Waals surface area contributed by atoms with Crippen molar-refractivity contribution in [1.29, 1.82) is 0 Å². The Morgan fingerprint density at radius 1 is 0.704 bits per heavy atom. The highest BCUT2D eigenvalue weighted by molar-refractivity contribution is 5.69. The Morgan fingerprint density at radius 3 is 1.63 bits per heavy atom. The molecule has 0 aromatic heterocycles. The summed E-state index contributed by atoms with van der Waals surface area (Å²) in [6.07, 6.45) is 29.3. The van der Waals surface area contributed by atoms with Crippen LogP contribution < -0.4 is 0 Å². The monoisotopic (exact) mass is 378 g/mol. The standard InChI is InChI=1S/C25H46O2/c1-3-5-6-7-8-9-10-11-12-13-14-15-16-17-18-19-20-21-22-23-25(26)27-24-4-2/h4,11-12H,2-3,5-10,13-24H2,1H3. The first-order valence-corrected chi connectivity index (χ1v) is 11.7. The summed E-state index contributed by atoms with van der Waals surface area (Å²) >= 11 is 0. The Labute approximate surface area is 169 Å². The number of hydrogen-bond acceptors (Lipinski definition) is 2. The van der Waals surface area contributed by atoms with Gasteiger partial charge in [-0.1, -0.05) is 109 Å². The molecular weight excluding hydrogens is 332 g/mol. The Hall–Kier alpha value is -1.05. The Morgan fingerprint density at radius 2 is 1.15 bits per heavy atom. The van der Waals surface area contributed by atoms with Crippen LogP contribution in [0.3, 0.4) is 0 Å². The fraction of sp³-hybridized carbons (Fsp3) is 0.800. The lowest BCUT2D eigenvalue weighted by Gasteiger charge is -2.03. The molecule has 0 unspecified atom stereocenters. The zero-order valence-corrected chi connectivity index (χ0v) is 18.2. The Kier molecular flexibility index (Phi) is 22.1. The van der Waals surface area contributed by atoms with Crippen molar-refractivity contribution in [2.45, 2.75) is 122 Å². The zero-order chi connectivity index (χ0) is 19.8. The molecule has 0 rings (SSSR count). The van der Waals surface area contributed by atoms with Gasteiger partial charge in [0.25, 0.3) is 0 Å². The second kappa shape index (κ2) is 23.0. The largest absolute Gasteiger partial charge is 0.461 e. The molecule has 158 valence electrons. The van der Waals surface area contributed by atoms with E-state index in [-0.39, 0.29) is 5.97 Å². The third-order valence-electron chi connectivity index (χ3n) is 5.00. The second-order valence-electron chi connectivity index (χ2n) is 7.72. The predicted molar refractivity (Wildman–Crippen MR) is 119 cm³/mol. The molecule has 0 radical (unpaired) electrons. The SMILES string of the molecule is C=CCOC(=O)CCCCCCCCCCCC=CCCCCCCCC. The smallest absolute Gasteiger partial charge is 0.306 e. The predicted octanol–water partition coefficient (Wildman–Crippen LogP) is 8.31. The van der Waals surface area contributed by atoms with E-state index in [9.17, 15) is 4.79 Å². The Bertz CT molecular complexity index is 346. The second-order valence-corrected chi connectivity index (χ2v) is 7.72. The highest BCUT2D eigenvalue weighted by atomic mass is 16.5. The first-order chi connectivity index (χ1) is 13.3. The first-order valence-electron chi connectivity index (χ1n) is 11.7. The maximum atomic E-state index is 11.3. The summed E-state index contributed by atoms with van der Waals surface area (Å²) in [5.41, 5.74) is 0. The van der Waals surface area contributed by atoms with Gasteiger partial charge in [0.15, 0.2) is 0 Å². The molecule has 0 amide bonds. The fourth-order valence-corrected chi connectivity index (χ4v) is 3.27. The van der Waals surface area contributed by atoms with Gasteiger partial charge in [0, 0.05) is 6.42 Å². The molecule has 2 nitrogen and oxygen atoms in total. The summed E-state index contributed by atoms with van der Waals surface area (Å²) in [5.74, 6) is -0.0871. The molecule has 0 aliphatic heterocycles. The molecule has 0 fully saturated rings. The van der Waals surface area contributed by atoms with Crippen LogP contribution in [0.25, 0.3) is 0 Å². The number of carbonyl (C=O) groups is 1. The minimum Gasteiger partial charge on any atom is -0.461 e. The van der Waals surface area contributed by atoms with Gasteiger partial charge < -0.3 is 4.74 Å². The van der Waals surface area contributed by atoms with Crippen molar-refractivity contribution in [3.8, 4) is 0 Å². The highest BCUT2D eigenvalue weighted by Crippen LogP contribution is 2.12. The molecule has 0 N–H and O–H groups in total. The van der Waals surface area contributed by atoms with Gasteiger partial charge in [-0.05, 0) is 32.1 Å². The normalized spacial score (nSPS) is 11.1. The number of hydrogen-bond donors (Lipinski definition) is 0. The highest BCUT2D eigenvalue weighted by Gasteiger charge is 2.00. The van der Waals surface area contributed by atoms with Crippen molar-refractivity contribution >= 4 is 5.97 Å². The van der Waals surface area contributed by atoms with Crippen LogP contribution in [0.1, 0.15) is 122 Å². The van der Waals surface area contributed by atoms with E-state index in [1.54, 1.807) is 6.08 Å². The van der Waals surface area contributed by atoms with Gasteiger partial charge in [0.2, 0.25) is 0 Å². The van der Waals surface area contributed by atoms with Crippen LogP contribution in [0.4, 0.5) is 0 Å². The van der Waals surface area contributed by atoms with Gasteiger partial charge in [-0.15, -0.1) is 0 Å². The van der Waals surface area contributed by atoms with E-state index in [1.165, 1.54) is 96.3 Å². The number of unbranched alkanes of at least 4 members (excludes halogenated alkanes) is 15. The number of allylic oxidation sites excluding steroid dienone is 2. The van der Waals surface area contributed by atoms with Crippen LogP contribution in [0.15, 0.2) is 24.8 Å². The summed E-state index contributed by atoms with van der Waals surface area (Å²) < 4.78 is 4.97. The van der Waals surface area contributed by atoms with E-state index in [0.29, 0.717) is 13.0 Å². The van der Waals surface area contributed by atoms with Gasteiger partial charge in [-0.3, -0.25) is 4.79 Å². The maximum Gasteiger partial charge on any atom is 0.306 e. The van der Waals surface area contributed by atoms with E-state index in [4.69, 9.17) is 4.74 Å². The van der Waals surface area contributed by atoms with Crippen LogP contribution in [-0.4, -0.2) is 12.6 Å². The quantitative estimate of drug-likeness (QED) is 0.114. The summed E-state index contributed by atoms with van der Waals surface area (Å²) in [6.45, 7) is 6.16. The van der Waals surface area contributed by atoms with E-state index in [0.717, 1.165) is 12.8 Å². The van der Waals surface area contributed by atoms with Crippen molar-refractivity contribution in [3.05, 3.63) is 24.8 Å². The van der Waals surface area contributed by atoms with E-state index in [1.807, 2.05) is 0 Å². The first kappa shape index (κ1) is 26.0. The third-order valence-corrected chi connectivity index (χ3v) is 5.00. The molecule has 0 bridgehead atoms. The van der Waals surface area contributed by atoms with Gasteiger partial charge in [0.05, 0.1) is 0 Å². The molecule has 0 saturated heterocycles. The number of rotatable bonds is 21. The van der Waals surface area contributed by atoms with Crippen LogP contribution >= 0.6 is 0 Å². The van der Waals surface area contributed by atoms with Gasteiger partial charge in [-0.25, -0.2) is 0 Å². The summed E-state index contributed by atoms with van der Waals surface area (Å²) in [5, 5.41) is 0. The third kappa shape index (κ3) is 22.9. The van der Waals surface area contributed by atoms with Gasteiger partial charge >= 0.3 is 5.97 Å². The maximum absolute atomic E-state index is 11.3. The topological polar surface area (TPSA) is 26.3 Å². The molecule has 0 aliphatic rings.